The van der Waals surface area contributed by atoms with Gasteiger partial charge in [-0.2, -0.15) is 0 Å². The van der Waals surface area contributed by atoms with Crippen LogP contribution in [0.2, 0.25) is 0 Å². The summed E-state index contributed by atoms with van der Waals surface area (Å²) in [6.45, 7) is 0. The Kier molecular flexibility index (Phi) is 4.29. The molecular weight excluding hydrogens is 486 g/mol. The molecule has 1 spiro atoms. The van der Waals surface area contributed by atoms with Gasteiger partial charge in [-0.3, -0.25) is 4.98 Å². The number of fused-ring (bicyclic) bond motifs is 12. The van der Waals surface area contributed by atoms with Crippen LogP contribution in [-0.4, -0.2) is 4.98 Å². The van der Waals surface area contributed by atoms with Crippen LogP contribution in [0.15, 0.2) is 144 Å². The van der Waals surface area contributed by atoms with Crippen LogP contribution in [0.25, 0.3) is 55.6 Å². The topological polar surface area (TPSA) is 26.0 Å². The van der Waals surface area contributed by atoms with Crippen LogP contribution < -0.4 is 0 Å². The first-order valence-corrected chi connectivity index (χ1v) is 13.7. The lowest BCUT2D eigenvalue weighted by molar-refractivity contribution is 0.507. The second-order valence-electron chi connectivity index (χ2n) is 10.7. The number of nitrogens with zero attached hydrogens (tertiary/aromatic N) is 1. The van der Waals surface area contributed by atoms with Crippen LogP contribution in [0.3, 0.4) is 0 Å². The van der Waals surface area contributed by atoms with Gasteiger partial charge >= 0.3 is 0 Å². The van der Waals surface area contributed by atoms with Crippen molar-refractivity contribution in [1.29, 1.82) is 0 Å². The molecule has 0 saturated heterocycles. The molecule has 0 unspecified atom stereocenters. The van der Waals surface area contributed by atoms with Gasteiger partial charge in [-0.15, -0.1) is 0 Å². The molecule has 7 aromatic rings. The molecule has 0 radical (unpaired) electrons. The summed E-state index contributed by atoms with van der Waals surface area (Å²) in [6, 6.07) is 47.8. The summed E-state index contributed by atoms with van der Waals surface area (Å²) in [5.74, 6) is 1.03. The van der Waals surface area contributed by atoms with Gasteiger partial charge in [-0.1, -0.05) is 109 Å². The molecule has 0 atom stereocenters. The van der Waals surface area contributed by atoms with Crippen molar-refractivity contribution in [1.82, 2.24) is 4.98 Å². The highest BCUT2D eigenvalue weighted by atomic mass is 16.3. The van der Waals surface area contributed by atoms with E-state index in [0.29, 0.717) is 0 Å². The van der Waals surface area contributed by atoms with Crippen molar-refractivity contribution in [3.63, 3.8) is 0 Å². The van der Waals surface area contributed by atoms with Gasteiger partial charge < -0.3 is 4.42 Å². The molecule has 0 bridgehead atoms. The van der Waals surface area contributed by atoms with Crippen molar-refractivity contribution in [2.24, 2.45) is 0 Å². The molecule has 2 nitrogen and oxygen atoms in total. The average molecular weight is 510 g/mol. The lowest BCUT2D eigenvalue weighted by Gasteiger charge is -2.28. The van der Waals surface area contributed by atoms with Crippen molar-refractivity contribution < 1.29 is 4.42 Å². The van der Waals surface area contributed by atoms with E-state index in [9.17, 15) is 0 Å². The maximum Gasteiger partial charge on any atom is 0.135 e. The van der Waals surface area contributed by atoms with Gasteiger partial charge in [0.2, 0.25) is 0 Å². The number of hydrogen-bond donors (Lipinski definition) is 0. The fourth-order valence-electron chi connectivity index (χ4n) is 7.09. The Bertz CT molecular complexity index is 2060. The van der Waals surface area contributed by atoms with E-state index in [1.54, 1.807) is 0 Å². The molecule has 2 aromatic heterocycles. The first-order chi connectivity index (χ1) is 19.8. The fraction of sp³-hybridized carbons (Fsp3) is 0.0263. The largest absolute Gasteiger partial charge is 0.459 e. The monoisotopic (exact) mass is 509 g/mol. The predicted molar refractivity (Wildman–Crippen MR) is 161 cm³/mol. The molecule has 0 aliphatic heterocycles. The Balaban J connectivity index is 1.31. The lowest BCUT2D eigenvalue weighted by atomic mass is 9.73. The minimum Gasteiger partial charge on any atom is -0.459 e. The number of para-hydroxylation sites is 1. The molecule has 2 heterocycles. The number of pyridine rings is 1. The minimum absolute atomic E-state index is 0.474. The van der Waals surface area contributed by atoms with Crippen molar-refractivity contribution in [2.45, 2.75) is 5.41 Å². The Morgan fingerprint density at radius 2 is 1.12 bits per heavy atom. The molecule has 0 saturated carbocycles. The van der Waals surface area contributed by atoms with Crippen molar-refractivity contribution in [3.8, 4) is 44.6 Å². The molecule has 2 aliphatic rings. The van der Waals surface area contributed by atoms with Gasteiger partial charge in [0.25, 0.3) is 0 Å². The van der Waals surface area contributed by atoms with E-state index in [1.807, 2.05) is 24.4 Å². The van der Waals surface area contributed by atoms with Crippen molar-refractivity contribution in [3.05, 3.63) is 162 Å². The van der Waals surface area contributed by atoms with Crippen LogP contribution in [-0.2, 0) is 5.41 Å². The number of aromatic nitrogens is 1. The van der Waals surface area contributed by atoms with Gasteiger partial charge in [0.15, 0.2) is 0 Å². The molecule has 2 aliphatic carbocycles. The highest BCUT2D eigenvalue weighted by molar-refractivity contribution is 6.05. The lowest BCUT2D eigenvalue weighted by Crippen LogP contribution is -2.25. The molecule has 186 valence electrons. The first kappa shape index (κ1) is 21.7. The number of furan rings is 1. The maximum absolute atomic E-state index is 6.85. The molecule has 5 aromatic carbocycles. The van der Waals surface area contributed by atoms with Gasteiger partial charge in [-0.25, -0.2) is 0 Å². The third-order valence-electron chi connectivity index (χ3n) is 8.76. The summed E-state index contributed by atoms with van der Waals surface area (Å²) in [4.78, 5) is 4.51. The zero-order valence-electron chi connectivity index (χ0n) is 21.6. The predicted octanol–water partition coefficient (Wildman–Crippen LogP) is 9.51. The Morgan fingerprint density at radius 3 is 1.88 bits per heavy atom. The molecule has 0 amide bonds. The van der Waals surface area contributed by atoms with Crippen molar-refractivity contribution in [2.75, 3.05) is 0 Å². The van der Waals surface area contributed by atoms with Gasteiger partial charge in [0, 0.05) is 22.7 Å². The van der Waals surface area contributed by atoms with Crippen LogP contribution in [0.5, 0.6) is 0 Å². The standard InChI is InChI=1S/C38H23NO/c1-4-12-31-27(9-1)28-10-2-5-13-32(28)38(31)33-21-20-26(24-16-18-25(19-17-24)34-14-7-8-22-39-34)23-30(33)36-29-11-3-6-15-35(29)40-37(36)38/h1-23H. The minimum atomic E-state index is -0.474. The summed E-state index contributed by atoms with van der Waals surface area (Å²) >= 11 is 0. The molecule has 2 heteroatoms. The van der Waals surface area contributed by atoms with Crippen LogP contribution in [0.4, 0.5) is 0 Å². The summed E-state index contributed by atoms with van der Waals surface area (Å²) in [6.07, 6.45) is 1.84. The zero-order valence-corrected chi connectivity index (χ0v) is 21.6. The summed E-state index contributed by atoms with van der Waals surface area (Å²) in [7, 11) is 0. The summed E-state index contributed by atoms with van der Waals surface area (Å²) in [5, 5.41) is 1.17. The molecule has 0 N–H and O–H groups in total. The third-order valence-corrected chi connectivity index (χ3v) is 8.76. The number of hydrogen-bond acceptors (Lipinski definition) is 2. The maximum atomic E-state index is 6.85. The van der Waals surface area contributed by atoms with E-state index in [4.69, 9.17) is 4.42 Å². The zero-order chi connectivity index (χ0) is 26.3. The first-order valence-electron chi connectivity index (χ1n) is 13.7. The second kappa shape index (κ2) is 7.91. The molecular formula is C38H23NO. The van der Waals surface area contributed by atoms with E-state index in [2.05, 4.69) is 120 Å². The van der Waals surface area contributed by atoms with E-state index in [-0.39, 0.29) is 0 Å². The smallest absolute Gasteiger partial charge is 0.135 e. The quantitative estimate of drug-likeness (QED) is 0.232. The van der Waals surface area contributed by atoms with Gasteiger partial charge in [0.05, 0.1) is 5.69 Å². The summed E-state index contributed by atoms with van der Waals surface area (Å²) in [5.41, 5.74) is 13.8. The molecule has 40 heavy (non-hydrogen) atoms. The highest BCUT2D eigenvalue weighted by Crippen LogP contribution is 2.64. The SMILES string of the molecule is c1ccc(-c2ccc(-c3ccc4c(c3)-c3c(oc5ccccc35)C43c4ccccc4-c4ccccc43)cc2)nc1. The van der Waals surface area contributed by atoms with E-state index in [0.717, 1.165) is 22.6 Å². The third kappa shape index (κ3) is 2.70. The number of benzene rings is 5. The van der Waals surface area contributed by atoms with Gasteiger partial charge in [-0.05, 0) is 68.8 Å². The fourth-order valence-corrected chi connectivity index (χ4v) is 7.09. The second-order valence-corrected chi connectivity index (χ2v) is 10.7. The van der Waals surface area contributed by atoms with Crippen LogP contribution in [0.1, 0.15) is 22.5 Å². The summed E-state index contributed by atoms with van der Waals surface area (Å²) < 4.78 is 6.85. The Labute approximate surface area is 232 Å². The van der Waals surface area contributed by atoms with Crippen LogP contribution in [0, 0.1) is 0 Å². The normalized spacial score (nSPS) is 13.7. The molecule has 9 rings (SSSR count). The van der Waals surface area contributed by atoms with E-state index >= 15 is 0 Å². The van der Waals surface area contributed by atoms with Crippen LogP contribution >= 0.6 is 0 Å². The Morgan fingerprint density at radius 1 is 0.500 bits per heavy atom. The van der Waals surface area contributed by atoms with E-state index in [1.165, 1.54) is 55.5 Å². The van der Waals surface area contributed by atoms with Crippen molar-refractivity contribution >= 4 is 11.0 Å². The van der Waals surface area contributed by atoms with E-state index < -0.39 is 5.41 Å². The average Bonchev–Trinajstić information content (AvgIpc) is 3.65. The number of rotatable bonds is 2. The highest BCUT2D eigenvalue weighted by Gasteiger charge is 2.54. The molecule has 0 fully saturated rings. The Hall–Kier alpha value is -5.21. The van der Waals surface area contributed by atoms with Gasteiger partial charge in [0.1, 0.15) is 16.8 Å².